The van der Waals surface area contributed by atoms with Crippen molar-refractivity contribution in [2.45, 2.75) is 6.92 Å². The number of rotatable bonds is 5. The molecule has 0 aliphatic carbocycles. The van der Waals surface area contributed by atoms with Crippen LogP contribution in [0.5, 0.6) is 5.75 Å². The zero-order valence-electron chi connectivity index (χ0n) is 16.5. The SMILES string of the molecule is COc1ccc(NC(=O)c2nc(-c3ccc(F)cc3)n(-c3cccc(C)c3)n2)cc1. The highest BCUT2D eigenvalue weighted by Gasteiger charge is 2.19. The van der Waals surface area contributed by atoms with Crippen LogP contribution in [0.4, 0.5) is 10.1 Å². The Hall–Kier alpha value is -4.00. The summed E-state index contributed by atoms with van der Waals surface area (Å²) in [6, 6.07) is 20.6. The summed E-state index contributed by atoms with van der Waals surface area (Å²) in [5.41, 5.74) is 3.03. The number of methoxy groups -OCH3 is 1. The van der Waals surface area contributed by atoms with E-state index in [1.807, 2.05) is 31.2 Å². The lowest BCUT2D eigenvalue weighted by atomic mass is 10.2. The van der Waals surface area contributed by atoms with Gasteiger partial charge < -0.3 is 10.1 Å². The third-order valence-electron chi connectivity index (χ3n) is 4.51. The molecule has 1 amide bonds. The van der Waals surface area contributed by atoms with Crippen molar-refractivity contribution < 1.29 is 13.9 Å². The number of benzene rings is 3. The Morgan fingerprint density at radius 2 is 1.77 bits per heavy atom. The zero-order chi connectivity index (χ0) is 21.1. The molecule has 0 bridgehead atoms. The lowest BCUT2D eigenvalue weighted by Crippen LogP contribution is -2.14. The van der Waals surface area contributed by atoms with E-state index in [-0.39, 0.29) is 11.6 Å². The summed E-state index contributed by atoms with van der Waals surface area (Å²) in [6.07, 6.45) is 0. The molecule has 0 radical (unpaired) electrons. The number of anilines is 1. The molecule has 1 N–H and O–H groups in total. The molecule has 7 heteroatoms. The third kappa shape index (κ3) is 4.05. The molecule has 0 unspecified atom stereocenters. The fraction of sp³-hybridized carbons (Fsp3) is 0.0870. The van der Waals surface area contributed by atoms with Crippen molar-refractivity contribution in [3.05, 3.63) is 90.0 Å². The van der Waals surface area contributed by atoms with Gasteiger partial charge in [0.25, 0.3) is 5.91 Å². The molecule has 0 saturated heterocycles. The minimum atomic E-state index is -0.449. The van der Waals surface area contributed by atoms with Crippen molar-refractivity contribution in [2.75, 3.05) is 12.4 Å². The Labute approximate surface area is 173 Å². The normalized spacial score (nSPS) is 10.6. The van der Waals surface area contributed by atoms with E-state index in [1.165, 1.54) is 12.1 Å². The smallest absolute Gasteiger partial charge is 0.295 e. The Kier molecular flexibility index (Phi) is 5.26. The van der Waals surface area contributed by atoms with Gasteiger partial charge in [0.05, 0.1) is 12.8 Å². The van der Waals surface area contributed by atoms with Crippen LogP contribution < -0.4 is 10.1 Å². The second kappa shape index (κ2) is 8.16. The maximum absolute atomic E-state index is 13.4. The average Bonchev–Trinajstić information content (AvgIpc) is 3.20. The molecule has 1 heterocycles. The van der Waals surface area contributed by atoms with Crippen molar-refractivity contribution in [2.24, 2.45) is 0 Å². The van der Waals surface area contributed by atoms with E-state index in [2.05, 4.69) is 15.4 Å². The molecule has 150 valence electrons. The highest BCUT2D eigenvalue weighted by Crippen LogP contribution is 2.23. The van der Waals surface area contributed by atoms with E-state index in [1.54, 1.807) is 48.2 Å². The minimum Gasteiger partial charge on any atom is -0.497 e. The van der Waals surface area contributed by atoms with Gasteiger partial charge in [-0.05, 0) is 73.2 Å². The summed E-state index contributed by atoms with van der Waals surface area (Å²) in [7, 11) is 1.58. The van der Waals surface area contributed by atoms with E-state index in [9.17, 15) is 9.18 Å². The lowest BCUT2D eigenvalue weighted by molar-refractivity contribution is 0.101. The third-order valence-corrected chi connectivity index (χ3v) is 4.51. The molecule has 0 aliphatic rings. The number of halogens is 1. The Bertz CT molecular complexity index is 1180. The van der Waals surface area contributed by atoms with E-state index in [0.717, 1.165) is 11.3 Å². The Balaban J connectivity index is 1.72. The Morgan fingerprint density at radius 1 is 1.03 bits per heavy atom. The largest absolute Gasteiger partial charge is 0.497 e. The van der Waals surface area contributed by atoms with Gasteiger partial charge in [0.2, 0.25) is 5.82 Å². The van der Waals surface area contributed by atoms with E-state index >= 15 is 0 Å². The molecule has 0 spiro atoms. The fourth-order valence-electron chi connectivity index (χ4n) is 3.00. The van der Waals surface area contributed by atoms with Crippen LogP contribution in [0, 0.1) is 12.7 Å². The van der Waals surface area contributed by atoms with Crippen molar-refractivity contribution >= 4 is 11.6 Å². The number of carbonyl (C=O) groups is 1. The predicted molar refractivity (Wildman–Crippen MR) is 112 cm³/mol. The number of aryl methyl sites for hydroxylation is 1. The number of amides is 1. The van der Waals surface area contributed by atoms with Crippen LogP contribution in [0.25, 0.3) is 17.1 Å². The van der Waals surface area contributed by atoms with Crippen LogP contribution in [0.2, 0.25) is 0 Å². The second-order valence-corrected chi connectivity index (χ2v) is 6.70. The van der Waals surface area contributed by atoms with Gasteiger partial charge in [0, 0.05) is 11.3 Å². The molecule has 4 rings (SSSR count). The number of aromatic nitrogens is 3. The standard InChI is InChI=1S/C23H19FN4O2/c1-15-4-3-5-19(14-15)28-22(16-6-8-17(24)9-7-16)26-21(27-28)23(29)25-18-10-12-20(30-2)13-11-18/h3-14H,1-2H3,(H,25,29). The first kappa shape index (κ1) is 19.3. The molecule has 0 atom stereocenters. The number of nitrogens with one attached hydrogen (secondary N) is 1. The molecule has 0 saturated carbocycles. The van der Waals surface area contributed by atoms with Crippen molar-refractivity contribution in [3.8, 4) is 22.8 Å². The summed E-state index contributed by atoms with van der Waals surface area (Å²) in [6.45, 7) is 1.97. The highest BCUT2D eigenvalue weighted by atomic mass is 19.1. The monoisotopic (exact) mass is 402 g/mol. The first-order chi connectivity index (χ1) is 14.5. The highest BCUT2D eigenvalue weighted by molar-refractivity contribution is 6.01. The number of hydrogen-bond donors (Lipinski definition) is 1. The van der Waals surface area contributed by atoms with Gasteiger partial charge in [0.1, 0.15) is 11.6 Å². The van der Waals surface area contributed by atoms with Gasteiger partial charge in [-0.25, -0.2) is 14.1 Å². The van der Waals surface area contributed by atoms with Gasteiger partial charge >= 0.3 is 0 Å². The van der Waals surface area contributed by atoms with Gasteiger partial charge in [0.15, 0.2) is 5.82 Å². The van der Waals surface area contributed by atoms with Crippen LogP contribution in [-0.4, -0.2) is 27.8 Å². The molecule has 0 aliphatic heterocycles. The van der Waals surface area contributed by atoms with Crippen molar-refractivity contribution in [1.82, 2.24) is 14.8 Å². The van der Waals surface area contributed by atoms with Crippen LogP contribution in [-0.2, 0) is 0 Å². The molecule has 30 heavy (non-hydrogen) atoms. The van der Waals surface area contributed by atoms with E-state index in [4.69, 9.17) is 4.74 Å². The summed E-state index contributed by atoms with van der Waals surface area (Å²) in [4.78, 5) is 17.2. The lowest BCUT2D eigenvalue weighted by Gasteiger charge is -2.06. The molecular weight excluding hydrogens is 383 g/mol. The zero-order valence-corrected chi connectivity index (χ0v) is 16.5. The van der Waals surface area contributed by atoms with E-state index in [0.29, 0.717) is 22.8 Å². The van der Waals surface area contributed by atoms with Crippen LogP contribution in [0.1, 0.15) is 16.2 Å². The molecular formula is C23H19FN4O2. The van der Waals surface area contributed by atoms with Crippen molar-refractivity contribution in [1.29, 1.82) is 0 Å². The minimum absolute atomic E-state index is 0.00616. The van der Waals surface area contributed by atoms with Gasteiger partial charge in [-0.15, -0.1) is 5.10 Å². The molecule has 4 aromatic rings. The Morgan fingerprint density at radius 3 is 2.43 bits per heavy atom. The van der Waals surface area contributed by atoms with Gasteiger partial charge in [-0.1, -0.05) is 12.1 Å². The number of carbonyl (C=O) groups excluding carboxylic acids is 1. The summed E-state index contributed by atoms with van der Waals surface area (Å²) in [5.74, 6) is 0.341. The maximum Gasteiger partial charge on any atom is 0.295 e. The number of ether oxygens (including phenoxy) is 1. The van der Waals surface area contributed by atoms with Crippen molar-refractivity contribution in [3.63, 3.8) is 0 Å². The van der Waals surface area contributed by atoms with Crippen LogP contribution in [0.3, 0.4) is 0 Å². The maximum atomic E-state index is 13.4. The van der Waals surface area contributed by atoms with Crippen LogP contribution in [0.15, 0.2) is 72.8 Å². The number of hydrogen-bond acceptors (Lipinski definition) is 4. The van der Waals surface area contributed by atoms with Crippen LogP contribution >= 0.6 is 0 Å². The molecule has 3 aromatic carbocycles. The fourth-order valence-corrected chi connectivity index (χ4v) is 3.00. The van der Waals surface area contributed by atoms with E-state index < -0.39 is 5.91 Å². The first-order valence-corrected chi connectivity index (χ1v) is 9.29. The number of nitrogens with zero attached hydrogens (tertiary/aromatic N) is 3. The van der Waals surface area contributed by atoms with Gasteiger partial charge in [-0.3, -0.25) is 4.79 Å². The second-order valence-electron chi connectivity index (χ2n) is 6.70. The topological polar surface area (TPSA) is 69.0 Å². The quantitative estimate of drug-likeness (QED) is 0.528. The summed E-state index contributed by atoms with van der Waals surface area (Å²) < 4.78 is 20.1. The predicted octanol–water partition coefficient (Wildman–Crippen LogP) is 4.64. The van der Waals surface area contributed by atoms with Gasteiger partial charge in [-0.2, -0.15) is 0 Å². The molecule has 6 nitrogen and oxygen atoms in total. The summed E-state index contributed by atoms with van der Waals surface area (Å²) in [5, 5.41) is 7.21. The molecule has 0 fully saturated rings. The first-order valence-electron chi connectivity index (χ1n) is 9.29. The summed E-state index contributed by atoms with van der Waals surface area (Å²) >= 11 is 0. The molecule has 1 aromatic heterocycles. The average molecular weight is 402 g/mol.